The maximum absolute atomic E-state index is 4.37. The second-order valence-corrected chi connectivity index (χ2v) is 5.39. The molecule has 0 amide bonds. The molecule has 0 spiro atoms. The first-order chi connectivity index (χ1) is 7.92. The van der Waals surface area contributed by atoms with E-state index in [4.69, 9.17) is 0 Å². The predicted molar refractivity (Wildman–Crippen MR) is 69.0 cm³/mol. The van der Waals surface area contributed by atoms with Crippen LogP contribution in [-0.4, -0.2) is 17.6 Å². The van der Waals surface area contributed by atoms with Crippen molar-refractivity contribution in [1.29, 1.82) is 0 Å². The Morgan fingerprint density at radius 1 is 1.38 bits per heavy atom. The van der Waals surface area contributed by atoms with Crippen molar-refractivity contribution in [2.24, 2.45) is 0 Å². The monoisotopic (exact) mass is 232 g/mol. The Bertz CT molecular complexity index is 471. The summed E-state index contributed by atoms with van der Waals surface area (Å²) in [5, 5.41) is 3.59. The highest BCUT2D eigenvalue weighted by atomic mass is 32.1. The Kier molecular flexibility index (Phi) is 2.89. The summed E-state index contributed by atoms with van der Waals surface area (Å²) in [7, 11) is 0. The second-order valence-electron chi connectivity index (χ2n) is 4.51. The Balaban J connectivity index is 1.77. The van der Waals surface area contributed by atoms with Crippen LogP contribution in [0.15, 0.2) is 23.7 Å². The molecule has 3 heteroatoms. The topological polar surface area (TPSA) is 24.9 Å². The third-order valence-electron chi connectivity index (χ3n) is 3.29. The summed E-state index contributed by atoms with van der Waals surface area (Å²) in [5.74, 6) is 0. The van der Waals surface area contributed by atoms with Crippen molar-refractivity contribution in [3.63, 3.8) is 0 Å². The van der Waals surface area contributed by atoms with Gasteiger partial charge in [-0.3, -0.25) is 0 Å². The van der Waals surface area contributed by atoms with Crippen LogP contribution in [0.2, 0.25) is 0 Å². The fourth-order valence-electron chi connectivity index (χ4n) is 2.41. The maximum Gasteiger partial charge on any atom is 0.0814 e. The smallest absolute Gasteiger partial charge is 0.0814 e. The normalized spacial score (nSPS) is 21.4. The number of aromatic nitrogens is 1. The van der Waals surface area contributed by atoms with E-state index >= 15 is 0 Å². The maximum atomic E-state index is 4.37. The molecule has 84 valence electrons. The van der Waals surface area contributed by atoms with Gasteiger partial charge in [-0.15, -0.1) is 11.3 Å². The molecule has 3 rings (SSSR count). The van der Waals surface area contributed by atoms with Gasteiger partial charge in [-0.2, -0.15) is 0 Å². The summed E-state index contributed by atoms with van der Waals surface area (Å²) in [4.78, 5) is 4.37. The van der Waals surface area contributed by atoms with Gasteiger partial charge in [-0.25, -0.2) is 4.98 Å². The minimum absolute atomic E-state index is 0.671. The third kappa shape index (κ3) is 2.11. The van der Waals surface area contributed by atoms with Crippen LogP contribution in [0.4, 0.5) is 0 Å². The number of fused-ring (bicyclic) bond motifs is 1. The SMILES string of the molecule is c1nc2cc(CC3CCCCN3)ccc2s1. The number of hydrogen-bond acceptors (Lipinski definition) is 3. The van der Waals surface area contributed by atoms with Gasteiger partial charge in [0.05, 0.1) is 15.7 Å². The van der Waals surface area contributed by atoms with E-state index in [1.54, 1.807) is 11.3 Å². The molecule has 1 saturated heterocycles. The van der Waals surface area contributed by atoms with Gasteiger partial charge in [0.1, 0.15) is 0 Å². The van der Waals surface area contributed by atoms with Crippen LogP contribution in [-0.2, 0) is 6.42 Å². The average Bonchev–Trinajstić information content (AvgIpc) is 2.77. The van der Waals surface area contributed by atoms with E-state index < -0.39 is 0 Å². The molecule has 0 aliphatic carbocycles. The minimum atomic E-state index is 0.671. The second kappa shape index (κ2) is 4.52. The van der Waals surface area contributed by atoms with Gasteiger partial charge in [0.15, 0.2) is 0 Å². The number of benzene rings is 1. The molecule has 0 saturated carbocycles. The predicted octanol–water partition coefficient (Wildman–Crippen LogP) is 2.98. The van der Waals surface area contributed by atoms with Crippen molar-refractivity contribution < 1.29 is 0 Å². The molecule has 2 aromatic rings. The molecule has 1 aromatic heterocycles. The molecular formula is C13H16N2S. The van der Waals surface area contributed by atoms with E-state index in [2.05, 4.69) is 28.5 Å². The average molecular weight is 232 g/mol. The minimum Gasteiger partial charge on any atom is -0.314 e. The molecule has 1 atom stereocenters. The van der Waals surface area contributed by atoms with Gasteiger partial charge in [-0.1, -0.05) is 12.5 Å². The summed E-state index contributed by atoms with van der Waals surface area (Å²) in [6.07, 6.45) is 5.17. The molecule has 1 aromatic carbocycles. The van der Waals surface area contributed by atoms with Crippen molar-refractivity contribution in [2.45, 2.75) is 31.7 Å². The van der Waals surface area contributed by atoms with Crippen LogP contribution in [0, 0.1) is 0 Å². The lowest BCUT2D eigenvalue weighted by Gasteiger charge is -2.23. The Morgan fingerprint density at radius 2 is 2.38 bits per heavy atom. The standard InChI is InChI=1S/C13H16N2S/c1-2-6-14-11(3-1)7-10-4-5-13-12(8-10)15-9-16-13/h4-5,8-9,11,14H,1-3,6-7H2. The van der Waals surface area contributed by atoms with Crippen molar-refractivity contribution in [1.82, 2.24) is 10.3 Å². The molecule has 0 radical (unpaired) electrons. The molecular weight excluding hydrogens is 216 g/mol. The van der Waals surface area contributed by atoms with Crippen molar-refractivity contribution in [3.8, 4) is 0 Å². The fourth-order valence-corrected chi connectivity index (χ4v) is 3.07. The Hall–Kier alpha value is -0.930. The van der Waals surface area contributed by atoms with Crippen LogP contribution in [0.25, 0.3) is 10.2 Å². The molecule has 1 N–H and O–H groups in total. The van der Waals surface area contributed by atoms with Crippen molar-refractivity contribution in [3.05, 3.63) is 29.3 Å². The third-order valence-corrected chi connectivity index (χ3v) is 4.10. The Morgan fingerprint density at radius 3 is 3.25 bits per heavy atom. The molecule has 16 heavy (non-hydrogen) atoms. The van der Waals surface area contributed by atoms with Gasteiger partial charge in [0.2, 0.25) is 0 Å². The van der Waals surface area contributed by atoms with Gasteiger partial charge in [-0.05, 0) is 43.5 Å². The molecule has 1 aliphatic heterocycles. The van der Waals surface area contributed by atoms with Crippen molar-refractivity contribution >= 4 is 21.6 Å². The van der Waals surface area contributed by atoms with Crippen LogP contribution >= 0.6 is 11.3 Å². The zero-order valence-corrected chi connectivity index (χ0v) is 10.1. The van der Waals surface area contributed by atoms with Gasteiger partial charge < -0.3 is 5.32 Å². The zero-order chi connectivity index (χ0) is 10.8. The lowest BCUT2D eigenvalue weighted by molar-refractivity contribution is 0.399. The quantitative estimate of drug-likeness (QED) is 0.861. The summed E-state index contributed by atoms with van der Waals surface area (Å²) < 4.78 is 1.29. The highest BCUT2D eigenvalue weighted by molar-refractivity contribution is 7.16. The lowest BCUT2D eigenvalue weighted by atomic mass is 9.98. The fraction of sp³-hybridized carbons (Fsp3) is 0.462. The molecule has 1 unspecified atom stereocenters. The number of rotatable bonds is 2. The van der Waals surface area contributed by atoms with Gasteiger partial charge in [0.25, 0.3) is 0 Å². The van der Waals surface area contributed by atoms with Crippen molar-refractivity contribution in [2.75, 3.05) is 6.54 Å². The van der Waals surface area contributed by atoms with Gasteiger partial charge in [0, 0.05) is 6.04 Å². The number of nitrogens with one attached hydrogen (secondary N) is 1. The lowest BCUT2D eigenvalue weighted by Crippen LogP contribution is -2.35. The van der Waals surface area contributed by atoms with Crippen LogP contribution in [0.5, 0.6) is 0 Å². The van der Waals surface area contributed by atoms with E-state index in [1.165, 1.54) is 36.1 Å². The van der Waals surface area contributed by atoms with Crippen LogP contribution in [0.1, 0.15) is 24.8 Å². The van der Waals surface area contributed by atoms with Crippen LogP contribution in [0.3, 0.4) is 0 Å². The Labute approximate surface area is 99.7 Å². The highest BCUT2D eigenvalue weighted by Crippen LogP contribution is 2.20. The molecule has 2 heterocycles. The summed E-state index contributed by atoms with van der Waals surface area (Å²) >= 11 is 1.72. The highest BCUT2D eigenvalue weighted by Gasteiger charge is 2.13. The first kappa shape index (κ1) is 10.2. The largest absolute Gasteiger partial charge is 0.314 e. The number of hydrogen-bond donors (Lipinski definition) is 1. The van der Waals surface area contributed by atoms with E-state index in [9.17, 15) is 0 Å². The first-order valence-electron chi connectivity index (χ1n) is 5.97. The van der Waals surface area contributed by atoms with E-state index in [1.807, 2.05) is 5.51 Å². The first-order valence-corrected chi connectivity index (χ1v) is 6.85. The molecule has 2 nitrogen and oxygen atoms in total. The van der Waals surface area contributed by atoms with E-state index in [-0.39, 0.29) is 0 Å². The van der Waals surface area contributed by atoms with E-state index in [0.717, 1.165) is 11.9 Å². The number of nitrogens with zero attached hydrogens (tertiary/aromatic N) is 1. The molecule has 0 bridgehead atoms. The molecule has 1 aliphatic rings. The zero-order valence-electron chi connectivity index (χ0n) is 9.28. The summed E-state index contributed by atoms with van der Waals surface area (Å²) in [5.41, 5.74) is 4.49. The molecule has 1 fully saturated rings. The summed E-state index contributed by atoms with van der Waals surface area (Å²) in [6, 6.07) is 7.36. The van der Waals surface area contributed by atoms with Gasteiger partial charge >= 0.3 is 0 Å². The number of thiazole rings is 1. The van der Waals surface area contributed by atoms with Crippen LogP contribution < -0.4 is 5.32 Å². The number of piperidine rings is 1. The summed E-state index contributed by atoms with van der Waals surface area (Å²) in [6.45, 7) is 1.18. The van der Waals surface area contributed by atoms with E-state index in [0.29, 0.717) is 6.04 Å².